The first-order valence-corrected chi connectivity index (χ1v) is 14.4. The predicted octanol–water partition coefficient (Wildman–Crippen LogP) is 6.20. The Labute approximate surface area is 240 Å². The zero-order chi connectivity index (χ0) is 29.3. The highest BCUT2D eigenvalue weighted by molar-refractivity contribution is 6.11. The number of nitrogens with one attached hydrogen (secondary N) is 1. The average Bonchev–Trinajstić information content (AvgIpc) is 3.69. The van der Waals surface area contributed by atoms with Crippen LogP contribution in [-0.4, -0.2) is 59.7 Å². The predicted molar refractivity (Wildman–Crippen MR) is 158 cm³/mol. The number of allylic oxidation sites excluding steroid dienone is 2. The van der Waals surface area contributed by atoms with Crippen molar-refractivity contribution in [2.75, 3.05) is 27.2 Å². The van der Waals surface area contributed by atoms with Crippen molar-refractivity contribution in [2.24, 2.45) is 4.99 Å². The number of benzene rings is 1. The Morgan fingerprint density at radius 1 is 1.27 bits per heavy atom. The third-order valence-electron chi connectivity index (χ3n) is 8.34. The van der Waals surface area contributed by atoms with E-state index in [-0.39, 0.29) is 17.6 Å². The van der Waals surface area contributed by atoms with Gasteiger partial charge < -0.3 is 19.4 Å². The third-order valence-corrected chi connectivity index (χ3v) is 8.34. The normalized spacial score (nSPS) is 18.7. The van der Waals surface area contributed by atoms with E-state index in [4.69, 9.17) is 9.73 Å². The molecule has 2 aliphatic rings. The second kappa shape index (κ2) is 11.7. The Kier molecular flexibility index (Phi) is 8.27. The summed E-state index contributed by atoms with van der Waals surface area (Å²) in [5, 5.41) is 2.87. The number of likely N-dealkylation sites (tertiary alicyclic amines) is 1. The lowest BCUT2D eigenvalue weighted by atomic mass is 9.86. The SMILES string of the molecule is C/C=C(\C=NC(CC)c1cnc2cc(OC)c(C3(F)CCN(C)CC3)cn12)c1cc(C(=O)NC2CC2)c(F)cc1C. The molecule has 0 spiro atoms. The number of halogens is 2. The number of aliphatic imine (C=N–C) groups is 1. The van der Waals surface area contributed by atoms with Crippen LogP contribution in [0.5, 0.6) is 5.75 Å². The second-order valence-electron chi connectivity index (χ2n) is 11.3. The van der Waals surface area contributed by atoms with E-state index in [1.807, 2.05) is 44.5 Å². The molecule has 218 valence electrons. The van der Waals surface area contributed by atoms with Gasteiger partial charge in [0.1, 0.15) is 22.9 Å². The van der Waals surface area contributed by atoms with Gasteiger partial charge >= 0.3 is 0 Å². The van der Waals surface area contributed by atoms with E-state index in [9.17, 15) is 9.18 Å². The number of nitrogens with zero attached hydrogens (tertiary/aromatic N) is 4. The maximum absolute atomic E-state index is 16.3. The minimum atomic E-state index is -1.49. The highest BCUT2D eigenvalue weighted by Gasteiger charge is 2.38. The van der Waals surface area contributed by atoms with Crippen molar-refractivity contribution in [1.29, 1.82) is 0 Å². The number of aromatic nitrogens is 2. The van der Waals surface area contributed by atoms with E-state index < -0.39 is 17.4 Å². The summed E-state index contributed by atoms with van der Waals surface area (Å²) < 4.78 is 38.5. The summed E-state index contributed by atoms with van der Waals surface area (Å²) in [6.07, 6.45) is 10.6. The van der Waals surface area contributed by atoms with Crippen molar-refractivity contribution < 1.29 is 18.3 Å². The van der Waals surface area contributed by atoms with Crippen molar-refractivity contribution in [1.82, 2.24) is 19.6 Å². The van der Waals surface area contributed by atoms with Crippen LogP contribution in [-0.2, 0) is 5.67 Å². The molecule has 2 aromatic heterocycles. The molecule has 1 N–H and O–H groups in total. The van der Waals surface area contributed by atoms with E-state index >= 15 is 4.39 Å². The molecular weight excluding hydrogens is 524 g/mol. The van der Waals surface area contributed by atoms with E-state index in [1.165, 1.54) is 6.07 Å². The summed E-state index contributed by atoms with van der Waals surface area (Å²) in [5.74, 6) is -0.421. The fourth-order valence-corrected chi connectivity index (χ4v) is 5.53. The van der Waals surface area contributed by atoms with Gasteiger partial charge in [-0.15, -0.1) is 0 Å². The molecule has 3 aromatic rings. The molecule has 1 saturated carbocycles. The number of carbonyl (C=O) groups is 1. The van der Waals surface area contributed by atoms with E-state index in [2.05, 4.69) is 15.2 Å². The fourth-order valence-electron chi connectivity index (χ4n) is 5.53. The van der Waals surface area contributed by atoms with Crippen LogP contribution >= 0.6 is 0 Å². The zero-order valence-corrected chi connectivity index (χ0v) is 24.5. The molecule has 1 atom stereocenters. The number of alkyl halides is 1. The maximum Gasteiger partial charge on any atom is 0.254 e. The molecule has 1 aliphatic heterocycles. The Morgan fingerprint density at radius 2 is 2.00 bits per heavy atom. The molecule has 3 heterocycles. The number of imidazole rings is 1. The van der Waals surface area contributed by atoms with E-state index in [0.717, 1.165) is 35.2 Å². The van der Waals surface area contributed by atoms with Crippen LogP contribution in [0, 0.1) is 12.7 Å². The Balaban J connectivity index is 1.47. The van der Waals surface area contributed by atoms with Gasteiger partial charge in [0.2, 0.25) is 0 Å². The van der Waals surface area contributed by atoms with Gasteiger partial charge in [0.25, 0.3) is 5.91 Å². The van der Waals surface area contributed by atoms with Gasteiger partial charge in [0.15, 0.2) is 0 Å². The molecule has 2 fully saturated rings. The number of carbonyl (C=O) groups excluding carboxylic acids is 1. The lowest BCUT2D eigenvalue weighted by Crippen LogP contribution is -2.38. The number of rotatable bonds is 9. The minimum absolute atomic E-state index is 0.0367. The first kappa shape index (κ1) is 28.9. The lowest BCUT2D eigenvalue weighted by molar-refractivity contribution is 0.0645. The van der Waals surface area contributed by atoms with Crippen LogP contribution in [0.2, 0.25) is 0 Å². The van der Waals surface area contributed by atoms with Crippen molar-refractivity contribution in [2.45, 2.75) is 70.6 Å². The Morgan fingerprint density at radius 3 is 2.63 bits per heavy atom. The summed E-state index contributed by atoms with van der Waals surface area (Å²) in [5.41, 5.74) is 2.84. The van der Waals surface area contributed by atoms with Crippen LogP contribution in [0.1, 0.15) is 84.7 Å². The summed E-state index contributed by atoms with van der Waals surface area (Å²) in [7, 11) is 3.57. The number of pyridine rings is 1. The fraction of sp³-hybridized carbons (Fsp3) is 0.469. The first-order valence-electron chi connectivity index (χ1n) is 14.4. The van der Waals surface area contributed by atoms with Crippen molar-refractivity contribution >= 4 is 23.3 Å². The Hall–Kier alpha value is -3.59. The lowest BCUT2D eigenvalue weighted by Gasteiger charge is -2.35. The minimum Gasteiger partial charge on any atom is -0.496 e. The van der Waals surface area contributed by atoms with Crippen molar-refractivity contribution in [3.8, 4) is 5.75 Å². The molecule has 41 heavy (non-hydrogen) atoms. The molecular formula is C32H39F2N5O2. The smallest absolute Gasteiger partial charge is 0.254 e. The second-order valence-corrected chi connectivity index (χ2v) is 11.3. The summed E-state index contributed by atoms with van der Waals surface area (Å²) in [6.45, 7) is 7.11. The van der Waals surface area contributed by atoms with Gasteiger partial charge in [-0.3, -0.25) is 9.79 Å². The number of hydrogen-bond acceptors (Lipinski definition) is 5. The van der Waals surface area contributed by atoms with Gasteiger partial charge in [-0.05, 0) is 81.8 Å². The summed E-state index contributed by atoms with van der Waals surface area (Å²) in [6, 6.07) is 4.69. The molecule has 9 heteroatoms. The van der Waals surface area contributed by atoms with Crippen LogP contribution in [0.3, 0.4) is 0 Å². The number of methoxy groups -OCH3 is 1. The van der Waals surface area contributed by atoms with Crippen LogP contribution in [0.4, 0.5) is 8.78 Å². The van der Waals surface area contributed by atoms with Crippen LogP contribution in [0.25, 0.3) is 11.2 Å². The van der Waals surface area contributed by atoms with Gasteiger partial charge in [-0.25, -0.2) is 13.8 Å². The molecule has 1 unspecified atom stereocenters. The average molecular weight is 564 g/mol. The zero-order valence-electron chi connectivity index (χ0n) is 24.5. The van der Waals surface area contributed by atoms with Gasteiger partial charge in [-0.1, -0.05) is 13.0 Å². The van der Waals surface area contributed by atoms with Gasteiger partial charge in [0, 0.05) is 43.2 Å². The van der Waals surface area contributed by atoms with E-state index in [0.29, 0.717) is 49.3 Å². The molecule has 1 aromatic carbocycles. The number of hydrogen-bond donors (Lipinski definition) is 1. The summed E-state index contributed by atoms with van der Waals surface area (Å²) >= 11 is 0. The molecule has 1 saturated heterocycles. The molecule has 0 radical (unpaired) electrons. The quantitative estimate of drug-likeness (QED) is 0.315. The molecule has 0 bridgehead atoms. The largest absolute Gasteiger partial charge is 0.496 e. The van der Waals surface area contributed by atoms with Gasteiger partial charge in [0.05, 0.1) is 30.6 Å². The number of ether oxygens (including phenoxy) is 1. The van der Waals surface area contributed by atoms with Crippen LogP contribution in [0.15, 0.2) is 41.7 Å². The monoisotopic (exact) mass is 563 g/mol. The molecule has 5 rings (SSSR count). The molecule has 1 aliphatic carbocycles. The Bertz CT molecular complexity index is 1500. The molecule has 1 amide bonds. The number of aryl methyl sites for hydroxylation is 1. The van der Waals surface area contributed by atoms with E-state index in [1.54, 1.807) is 31.7 Å². The highest BCUT2D eigenvalue weighted by atomic mass is 19.1. The number of fused-ring (bicyclic) bond motifs is 1. The maximum atomic E-state index is 16.3. The number of amides is 1. The topological polar surface area (TPSA) is 71.2 Å². The third kappa shape index (κ3) is 5.91. The van der Waals surface area contributed by atoms with Crippen LogP contribution < -0.4 is 10.1 Å². The van der Waals surface area contributed by atoms with Gasteiger partial charge in [-0.2, -0.15) is 0 Å². The number of piperidine rings is 1. The first-order chi connectivity index (χ1) is 19.7. The summed E-state index contributed by atoms with van der Waals surface area (Å²) in [4.78, 5) is 24.3. The van der Waals surface area contributed by atoms with Crippen molar-refractivity contribution in [3.05, 3.63) is 70.4 Å². The van der Waals surface area contributed by atoms with Crippen molar-refractivity contribution in [3.63, 3.8) is 0 Å². The molecule has 7 nitrogen and oxygen atoms in total. The standard InChI is InChI=1S/C32H39F2N5O2/c1-6-21(23-15-24(26(33)14-20(23)3)31(40)37-22-8-9-22)17-35-27(7-2)28-18-36-30-16-29(41-5)25(19-39(28)30)32(34)10-12-38(4)13-11-32/h6,14-19,22,27H,7-13H2,1-5H3,(H,37,40)/b21-6+,35-17?. The highest BCUT2D eigenvalue weighted by Crippen LogP contribution is 2.42.